The van der Waals surface area contributed by atoms with Gasteiger partial charge in [-0.2, -0.15) is 0 Å². The van der Waals surface area contributed by atoms with Gasteiger partial charge in [-0.25, -0.2) is 4.98 Å². The van der Waals surface area contributed by atoms with Gasteiger partial charge in [0.05, 0.1) is 11.4 Å². The number of ketones is 2. The Morgan fingerprint density at radius 3 is 2.24 bits per heavy atom. The van der Waals surface area contributed by atoms with Crippen LogP contribution in [0.25, 0.3) is 10.7 Å². The molecular weight excluding hydrogens is 335 g/mol. The first kappa shape index (κ1) is 18.0. The Morgan fingerprint density at radius 1 is 1.12 bits per heavy atom. The molecule has 25 heavy (non-hydrogen) atoms. The SMILES string of the molecule is [B]c1ccc(-c2nc(C3C(=O)C(C)(C)OC(C)(C)C3=O)c(C)s2)nc1. The third-order valence-electron chi connectivity index (χ3n) is 4.33. The van der Waals surface area contributed by atoms with E-state index in [2.05, 4.69) is 9.97 Å². The lowest BCUT2D eigenvalue weighted by Crippen LogP contribution is -2.58. The molecule has 1 aliphatic rings. The van der Waals surface area contributed by atoms with Crippen LogP contribution in [0.2, 0.25) is 0 Å². The summed E-state index contributed by atoms with van der Waals surface area (Å²) in [5.41, 5.74) is -0.359. The third kappa shape index (κ3) is 3.07. The van der Waals surface area contributed by atoms with Crippen LogP contribution in [0.3, 0.4) is 0 Å². The summed E-state index contributed by atoms with van der Waals surface area (Å²) in [6.07, 6.45) is 1.56. The molecule has 128 valence electrons. The summed E-state index contributed by atoms with van der Waals surface area (Å²) < 4.78 is 5.73. The van der Waals surface area contributed by atoms with Crippen molar-refractivity contribution in [3.05, 3.63) is 28.9 Å². The summed E-state index contributed by atoms with van der Waals surface area (Å²) in [6.45, 7) is 8.65. The molecular formula is C18H19BN2O3S. The Morgan fingerprint density at radius 2 is 1.72 bits per heavy atom. The maximum Gasteiger partial charge on any atom is 0.180 e. The van der Waals surface area contributed by atoms with Crippen molar-refractivity contribution in [3.8, 4) is 10.7 Å². The van der Waals surface area contributed by atoms with E-state index < -0.39 is 17.1 Å². The minimum atomic E-state index is -1.04. The third-order valence-corrected chi connectivity index (χ3v) is 5.34. The van der Waals surface area contributed by atoms with E-state index in [1.807, 2.05) is 6.92 Å². The Bertz CT molecular complexity index is 830. The Kier molecular flexibility index (Phi) is 4.20. The molecule has 0 aliphatic carbocycles. The van der Waals surface area contributed by atoms with E-state index in [-0.39, 0.29) is 11.6 Å². The van der Waals surface area contributed by atoms with Gasteiger partial charge in [0.2, 0.25) is 0 Å². The maximum absolute atomic E-state index is 12.9. The second-order valence-corrected chi connectivity index (χ2v) is 8.42. The first-order valence-electron chi connectivity index (χ1n) is 8.01. The van der Waals surface area contributed by atoms with Gasteiger partial charge in [-0.05, 0) is 40.7 Å². The normalized spacial score (nSPS) is 20.0. The zero-order chi connectivity index (χ0) is 18.6. The molecule has 5 nitrogen and oxygen atoms in total. The molecule has 1 saturated heterocycles. The fourth-order valence-electron chi connectivity index (χ4n) is 3.12. The Balaban J connectivity index is 2.07. The second kappa shape index (κ2) is 5.85. The minimum Gasteiger partial charge on any atom is -0.354 e. The Labute approximate surface area is 152 Å². The van der Waals surface area contributed by atoms with Crippen molar-refractivity contribution in [1.29, 1.82) is 0 Å². The van der Waals surface area contributed by atoms with Crippen LogP contribution in [0, 0.1) is 6.92 Å². The van der Waals surface area contributed by atoms with Gasteiger partial charge in [0.1, 0.15) is 30.0 Å². The quantitative estimate of drug-likeness (QED) is 0.610. The van der Waals surface area contributed by atoms with E-state index in [1.165, 1.54) is 11.3 Å². The number of Topliss-reactive ketones (excluding diaryl/α,β-unsaturated/α-hetero) is 2. The molecule has 2 aromatic rings. The van der Waals surface area contributed by atoms with Gasteiger partial charge < -0.3 is 4.74 Å². The molecule has 2 aromatic heterocycles. The number of rotatable bonds is 2. The first-order chi connectivity index (χ1) is 11.5. The van der Waals surface area contributed by atoms with Crippen molar-refractivity contribution in [2.45, 2.75) is 51.7 Å². The van der Waals surface area contributed by atoms with E-state index in [0.717, 1.165) is 4.88 Å². The standard InChI is InChI=1S/C18H19BN2O3S/c1-9-13(21-16(25-9)11-7-6-10(19)8-20-11)12-14(22)17(2,3)24-18(4,5)15(12)23/h6-8,12H,1-5H3. The summed E-state index contributed by atoms with van der Waals surface area (Å²) in [4.78, 5) is 35.4. The first-order valence-corrected chi connectivity index (χ1v) is 8.82. The van der Waals surface area contributed by atoms with Crippen LogP contribution in [-0.2, 0) is 14.3 Å². The molecule has 2 radical (unpaired) electrons. The van der Waals surface area contributed by atoms with E-state index in [1.54, 1.807) is 46.0 Å². The monoisotopic (exact) mass is 354 g/mol. The molecule has 0 saturated carbocycles. The van der Waals surface area contributed by atoms with Crippen LogP contribution in [0.1, 0.15) is 44.2 Å². The van der Waals surface area contributed by atoms with Gasteiger partial charge in [-0.15, -0.1) is 11.3 Å². The molecule has 3 heterocycles. The number of carbonyl (C=O) groups is 2. The van der Waals surface area contributed by atoms with Crippen molar-refractivity contribution >= 4 is 36.2 Å². The predicted molar refractivity (Wildman–Crippen MR) is 97.5 cm³/mol. The van der Waals surface area contributed by atoms with Crippen LogP contribution < -0.4 is 5.46 Å². The summed E-state index contributed by atoms with van der Waals surface area (Å²) in [6, 6.07) is 3.52. The van der Waals surface area contributed by atoms with Crippen molar-refractivity contribution < 1.29 is 14.3 Å². The number of pyridine rings is 1. The van der Waals surface area contributed by atoms with E-state index in [4.69, 9.17) is 12.6 Å². The molecule has 0 atom stereocenters. The fourth-order valence-corrected chi connectivity index (χ4v) is 4.05. The maximum atomic E-state index is 12.9. The molecule has 1 aliphatic heterocycles. The van der Waals surface area contributed by atoms with Crippen LogP contribution in [0.4, 0.5) is 0 Å². The number of nitrogens with zero attached hydrogens (tertiary/aromatic N) is 2. The number of aromatic nitrogens is 2. The average Bonchev–Trinajstić information content (AvgIpc) is 2.88. The summed E-state index contributed by atoms with van der Waals surface area (Å²) in [5, 5.41) is 0.662. The summed E-state index contributed by atoms with van der Waals surface area (Å²) in [5.74, 6) is -1.44. The highest BCUT2D eigenvalue weighted by atomic mass is 32.1. The highest BCUT2D eigenvalue weighted by Gasteiger charge is 2.54. The zero-order valence-electron chi connectivity index (χ0n) is 14.9. The molecule has 0 N–H and O–H groups in total. The summed E-state index contributed by atoms with van der Waals surface area (Å²) >= 11 is 1.41. The molecule has 7 heteroatoms. The van der Waals surface area contributed by atoms with Crippen LogP contribution in [0.5, 0.6) is 0 Å². The largest absolute Gasteiger partial charge is 0.354 e. The highest BCUT2D eigenvalue weighted by Crippen LogP contribution is 2.41. The van der Waals surface area contributed by atoms with Gasteiger partial charge in [-0.3, -0.25) is 14.6 Å². The predicted octanol–water partition coefficient (Wildman–Crippen LogP) is 2.12. The van der Waals surface area contributed by atoms with E-state index in [0.29, 0.717) is 21.9 Å². The number of carbonyl (C=O) groups excluding carboxylic acids is 2. The topological polar surface area (TPSA) is 69.2 Å². The average molecular weight is 354 g/mol. The van der Waals surface area contributed by atoms with E-state index in [9.17, 15) is 9.59 Å². The van der Waals surface area contributed by atoms with Crippen LogP contribution in [-0.4, -0.2) is 40.6 Å². The highest BCUT2D eigenvalue weighted by molar-refractivity contribution is 7.15. The lowest BCUT2D eigenvalue weighted by atomic mass is 9.76. The van der Waals surface area contributed by atoms with E-state index >= 15 is 0 Å². The molecule has 0 amide bonds. The zero-order valence-corrected chi connectivity index (χ0v) is 15.7. The smallest absolute Gasteiger partial charge is 0.180 e. The van der Waals surface area contributed by atoms with Crippen molar-refractivity contribution in [2.75, 3.05) is 0 Å². The number of hydrogen-bond donors (Lipinski definition) is 0. The van der Waals surface area contributed by atoms with Crippen LogP contribution in [0.15, 0.2) is 18.3 Å². The number of ether oxygens (including phenoxy) is 1. The lowest BCUT2D eigenvalue weighted by molar-refractivity contribution is -0.184. The van der Waals surface area contributed by atoms with Crippen LogP contribution >= 0.6 is 11.3 Å². The number of thiazole rings is 1. The molecule has 1 fully saturated rings. The molecule has 0 unspecified atom stereocenters. The lowest BCUT2D eigenvalue weighted by Gasteiger charge is -2.42. The molecule has 0 spiro atoms. The van der Waals surface area contributed by atoms with Gasteiger partial charge in [0.15, 0.2) is 11.6 Å². The van der Waals surface area contributed by atoms with Crippen molar-refractivity contribution in [2.24, 2.45) is 0 Å². The minimum absolute atomic E-state index is 0.262. The van der Waals surface area contributed by atoms with Gasteiger partial charge in [-0.1, -0.05) is 11.5 Å². The molecule has 0 aromatic carbocycles. The number of aryl methyl sites for hydroxylation is 1. The Hall–Kier alpha value is -1.86. The molecule has 0 bridgehead atoms. The second-order valence-electron chi connectivity index (χ2n) is 7.22. The van der Waals surface area contributed by atoms with Gasteiger partial charge in [0.25, 0.3) is 0 Å². The molecule has 3 rings (SSSR count). The fraction of sp³-hybridized carbons (Fsp3) is 0.444. The summed E-state index contributed by atoms with van der Waals surface area (Å²) in [7, 11) is 5.67. The van der Waals surface area contributed by atoms with Crippen molar-refractivity contribution in [3.63, 3.8) is 0 Å². The van der Waals surface area contributed by atoms with Crippen molar-refractivity contribution in [1.82, 2.24) is 9.97 Å². The number of hydrogen-bond acceptors (Lipinski definition) is 6. The van der Waals surface area contributed by atoms with Gasteiger partial charge >= 0.3 is 0 Å². The van der Waals surface area contributed by atoms with Gasteiger partial charge in [0, 0.05) is 11.1 Å².